The topological polar surface area (TPSA) is 64.9 Å². The molecule has 1 heterocycles. The van der Waals surface area contributed by atoms with Gasteiger partial charge in [0.05, 0.1) is 5.54 Å². The Morgan fingerprint density at radius 1 is 1.22 bits per heavy atom. The number of hydrogen-bond donors (Lipinski definition) is 1. The lowest BCUT2D eigenvalue weighted by molar-refractivity contribution is 0.312. The molecule has 0 unspecified atom stereocenters. The van der Waals surface area contributed by atoms with Crippen LogP contribution in [0.5, 0.6) is 0 Å². The predicted octanol–water partition coefficient (Wildman–Crippen LogP) is 2.63. The van der Waals surface area contributed by atoms with E-state index in [2.05, 4.69) is 10.1 Å². The molecule has 1 aromatic carbocycles. The zero-order valence-electron chi connectivity index (χ0n) is 9.78. The van der Waals surface area contributed by atoms with Gasteiger partial charge >= 0.3 is 0 Å². The predicted molar refractivity (Wildman–Crippen MR) is 64.1 cm³/mol. The maximum absolute atomic E-state index is 13.0. The molecule has 7 heteroatoms. The van der Waals surface area contributed by atoms with Crippen molar-refractivity contribution in [2.45, 2.75) is 19.4 Å². The van der Waals surface area contributed by atoms with Gasteiger partial charge in [-0.1, -0.05) is 5.16 Å². The van der Waals surface area contributed by atoms with Crippen LogP contribution in [0.1, 0.15) is 19.7 Å². The SMILES string of the molecule is CC(C)(N)c1nc(-c2ccc(F)c(F)c2)no1.Cl. The number of hydrogen-bond acceptors (Lipinski definition) is 4. The summed E-state index contributed by atoms with van der Waals surface area (Å²) < 4.78 is 30.7. The highest BCUT2D eigenvalue weighted by Gasteiger charge is 2.23. The highest BCUT2D eigenvalue weighted by atomic mass is 35.5. The molecule has 18 heavy (non-hydrogen) atoms. The third-order valence-corrected chi connectivity index (χ3v) is 2.16. The van der Waals surface area contributed by atoms with Crippen LogP contribution in [-0.2, 0) is 5.54 Å². The Hall–Kier alpha value is -1.53. The van der Waals surface area contributed by atoms with Crippen molar-refractivity contribution in [1.29, 1.82) is 0 Å². The van der Waals surface area contributed by atoms with Gasteiger partial charge in [-0.15, -0.1) is 12.4 Å². The van der Waals surface area contributed by atoms with Crippen LogP contribution in [0.2, 0.25) is 0 Å². The summed E-state index contributed by atoms with van der Waals surface area (Å²) in [5.74, 6) is -1.47. The summed E-state index contributed by atoms with van der Waals surface area (Å²) in [6.07, 6.45) is 0. The van der Waals surface area contributed by atoms with Crippen LogP contribution in [0.3, 0.4) is 0 Å². The molecule has 0 saturated carbocycles. The molecule has 0 aliphatic rings. The Morgan fingerprint density at radius 3 is 2.39 bits per heavy atom. The van der Waals surface area contributed by atoms with Gasteiger partial charge in [0.1, 0.15) is 0 Å². The highest BCUT2D eigenvalue weighted by Crippen LogP contribution is 2.21. The van der Waals surface area contributed by atoms with Gasteiger partial charge in [-0.05, 0) is 32.0 Å². The summed E-state index contributed by atoms with van der Waals surface area (Å²) in [7, 11) is 0. The van der Waals surface area contributed by atoms with Gasteiger partial charge in [-0.2, -0.15) is 4.98 Å². The minimum absolute atomic E-state index is 0. The van der Waals surface area contributed by atoms with Gasteiger partial charge in [0.25, 0.3) is 0 Å². The highest BCUT2D eigenvalue weighted by molar-refractivity contribution is 5.85. The number of nitrogens with two attached hydrogens (primary N) is 1. The number of nitrogens with zero attached hydrogens (tertiary/aromatic N) is 2. The zero-order chi connectivity index (χ0) is 12.6. The average molecular weight is 276 g/mol. The van der Waals surface area contributed by atoms with Gasteiger partial charge in [0.2, 0.25) is 11.7 Å². The molecule has 0 bridgehead atoms. The lowest BCUT2D eigenvalue weighted by atomic mass is 10.1. The van der Waals surface area contributed by atoms with Crippen LogP contribution in [0.4, 0.5) is 8.78 Å². The number of benzene rings is 1. The van der Waals surface area contributed by atoms with E-state index in [1.807, 2.05) is 0 Å². The maximum atomic E-state index is 13.0. The number of rotatable bonds is 2. The molecule has 0 radical (unpaired) electrons. The first kappa shape index (κ1) is 14.5. The summed E-state index contributed by atoms with van der Waals surface area (Å²) in [5.41, 5.74) is 5.33. The molecule has 1 aromatic heterocycles. The Balaban J connectivity index is 0.00000162. The van der Waals surface area contributed by atoms with Gasteiger partial charge in [0, 0.05) is 5.56 Å². The van der Waals surface area contributed by atoms with Crippen LogP contribution in [0.25, 0.3) is 11.4 Å². The first-order valence-corrected chi connectivity index (χ1v) is 4.96. The Morgan fingerprint density at radius 2 is 1.89 bits per heavy atom. The van der Waals surface area contributed by atoms with Crippen LogP contribution in [-0.4, -0.2) is 10.1 Å². The van der Waals surface area contributed by atoms with E-state index < -0.39 is 17.2 Å². The van der Waals surface area contributed by atoms with Gasteiger partial charge in [0.15, 0.2) is 11.6 Å². The number of aromatic nitrogens is 2. The second-order valence-electron chi connectivity index (χ2n) is 4.27. The molecule has 98 valence electrons. The van der Waals surface area contributed by atoms with Crippen LogP contribution < -0.4 is 5.73 Å². The lowest BCUT2D eigenvalue weighted by Crippen LogP contribution is -2.28. The third kappa shape index (κ3) is 2.83. The van der Waals surface area contributed by atoms with E-state index in [1.165, 1.54) is 6.07 Å². The molecule has 0 fully saturated rings. The van der Waals surface area contributed by atoms with E-state index in [4.69, 9.17) is 10.3 Å². The first-order chi connectivity index (χ1) is 7.88. The summed E-state index contributed by atoms with van der Waals surface area (Å²) in [6.45, 7) is 3.41. The monoisotopic (exact) mass is 275 g/mol. The van der Waals surface area contributed by atoms with E-state index in [0.29, 0.717) is 5.56 Å². The molecular formula is C11H12ClF2N3O. The Bertz CT molecular complexity index is 551. The van der Waals surface area contributed by atoms with E-state index in [0.717, 1.165) is 12.1 Å². The normalized spacial score (nSPS) is 11.2. The van der Waals surface area contributed by atoms with Crippen molar-refractivity contribution < 1.29 is 13.3 Å². The summed E-state index contributed by atoms with van der Waals surface area (Å²) in [4.78, 5) is 4.03. The summed E-state index contributed by atoms with van der Waals surface area (Å²) in [5, 5.41) is 3.67. The Kier molecular flexibility index (Phi) is 4.03. The first-order valence-electron chi connectivity index (χ1n) is 4.96. The van der Waals surface area contributed by atoms with E-state index in [-0.39, 0.29) is 24.1 Å². The van der Waals surface area contributed by atoms with Gasteiger partial charge in [-0.3, -0.25) is 0 Å². The van der Waals surface area contributed by atoms with Crippen molar-refractivity contribution in [1.82, 2.24) is 10.1 Å². The molecule has 0 spiro atoms. The standard InChI is InChI=1S/C11H11F2N3O.ClH/c1-11(2,14)10-15-9(16-17-10)6-3-4-7(12)8(13)5-6;/h3-5H,14H2,1-2H3;1H. The zero-order valence-corrected chi connectivity index (χ0v) is 10.6. The van der Waals surface area contributed by atoms with Crippen LogP contribution in [0, 0.1) is 11.6 Å². The molecule has 0 aliphatic heterocycles. The average Bonchev–Trinajstić information content (AvgIpc) is 2.70. The second-order valence-corrected chi connectivity index (χ2v) is 4.27. The van der Waals surface area contributed by atoms with Crippen molar-refractivity contribution in [3.63, 3.8) is 0 Å². The quantitative estimate of drug-likeness (QED) is 0.915. The molecule has 2 rings (SSSR count). The van der Waals surface area contributed by atoms with Crippen LogP contribution in [0.15, 0.2) is 22.7 Å². The molecule has 0 atom stereocenters. The smallest absolute Gasteiger partial charge is 0.246 e. The fourth-order valence-electron chi connectivity index (χ4n) is 1.24. The third-order valence-electron chi connectivity index (χ3n) is 2.16. The molecule has 0 amide bonds. The number of halogens is 3. The van der Waals surface area contributed by atoms with Gasteiger partial charge < -0.3 is 10.3 Å². The second kappa shape index (κ2) is 4.99. The van der Waals surface area contributed by atoms with E-state index in [9.17, 15) is 8.78 Å². The van der Waals surface area contributed by atoms with Crippen molar-refractivity contribution in [3.05, 3.63) is 35.7 Å². The van der Waals surface area contributed by atoms with Gasteiger partial charge in [-0.25, -0.2) is 8.78 Å². The molecule has 0 aliphatic carbocycles. The van der Waals surface area contributed by atoms with E-state index >= 15 is 0 Å². The summed E-state index contributed by atoms with van der Waals surface area (Å²) in [6, 6.07) is 3.39. The minimum atomic E-state index is -0.958. The van der Waals surface area contributed by atoms with Crippen molar-refractivity contribution in [2.24, 2.45) is 5.73 Å². The molecule has 4 nitrogen and oxygen atoms in total. The summed E-state index contributed by atoms with van der Waals surface area (Å²) >= 11 is 0. The minimum Gasteiger partial charge on any atom is -0.337 e. The Labute approximate surface area is 109 Å². The van der Waals surface area contributed by atoms with E-state index in [1.54, 1.807) is 13.8 Å². The fourth-order valence-corrected chi connectivity index (χ4v) is 1.24. The van der Waals surface area contributed by atoms with Crippen molar-refractivity contribution >= 4 is 12.4 Å². The van der Waals surface area contributed by atoms with Crippen molar-refractivity contribution in [2.75, 3.05) is 0 Å². The molecular weight excluding hydrogens is 264 g/mol. The lowest BCUT2D eigenvalue weighted by Gasteiger charge is -2.10. The van der Waals surface area contributed by atoms with Crippen molar-refractivity contribution in [3.8, 4) is 11.4 Å². The molecule has 0 saturated heterocycles. The maximum Gasteiger partial charge on any atom is 0.246 e. The fraction of sp³-hybridized carbons (Fsp3) is 0.273. The largest absolute Gasteiger partial charge is 0.337 e. The van der Waals surface area contributed by atoms with Crippen LogP contribution >= 0.6 is 12.4 Å². The molecule has 2 N–H and O–H groups in total. The molecule has 2 aromatic rings.